The van der Waals surface area contributed by atoms with Crippen LogP contribution in [-0.2, 0) is 25.5 Å². The average molecular weight is 539 g/mol. The summed E-state index contributed by atoms with van der Waals surface area (Å²) in [5.74, 6) is -1.09. The summed E-state index contributed by atoms with van der Waals surface area (Å²) in [7, 11) is 0. The van der Waals surface area contributed by atoms with E-state index in [1.807, 2.05) is 72.8 Å². The Balaban J connectivity index is 0.00000400. The third kappa shape index (κ3) is 8.02. The molecule has 3 amide bonds. The van der Waals surface area contributed by atoms with Gasteiger partial charge in [0.25, 0.3) is 11.8 Å². The first-order valence-corrected chi connectivity index (χ1v) is 12.8. The molecule has 202 valence electrons. The van der Waals surface area contributed by atoms with E-state index in [0.717, 1.165) is 30.0 Å². The van der Waals surface area contributed by atoms with E-state index in [2.05, 4.69) is 16.0 Å². The number of unbranched alkanes of at least 4 members (excludes halogenated alkanes) is 1. The first-order chi connectivity index (χ1) is 18.1. The fraction of sp³-hybridized carbons (Fsp3) is 0.345. The molecule has 1 aliphatic rings. The van der Waals surface area contributed by atoms with E-state index in [4.69, 9.17) is 10.5 Å². The van der Waals surface area contributed by atoms with Gasteiger partial charge in [0, 0.05) is 17.6 Å². The van der Waals surface area contributed by atoms with Crippen LogP contribution in [0.1, 0.15) is 31.2 Å². The number of amides is 3. The number of epoxide rings is 1. The number of carbonyl (C=O) groups excluding carboxylic acids is 3. The Kier molecular flexibility index (Phi) is 11.1. The average Bonchev–Trinajstić information content (AvgIpc) is 3.73. The first-order valence-electron chi connectivity index (χ1n) is 12.8. The molecule has 3 aromatic rings. The van der Waals surface area contributed by atoms with Gasteiger partial charge in [-0.15, -0.1) is 12.4 Å². The van der Waals surface area contributed by atoms with Gasteiger partial charge in [-0.05, 0) is 55.7 Å². The molecule has 0 spiro atoms. The monoisotopic (exact) mass is 538 g/mol. The molecule has 1 heterocycles. The van der Waals surface area contributed by atoms with E-state index in [-0.39, 0.29) is 24.2 Å². The zero-order valence-electron chi connectivity index (χ0n) is 21.2. The van der Waals surface area contributed by atoms with Crippen LogP contribution in [0.5, 0.6) is 0 Å². The first kappa shape index (κ1) is 29.1. The zero-order chi connectivity index (χ0) is 26.0. The van der Waals surface area contributed by atoms with Gasteiger partial charge < -0.3 is 26.4 Å². The highest BCUT2D eigenvalue weighted by atomic mass is 35.5. The van der Waals surface area contributed by atoms with Crippen LogP contribution >= 0.6 is 12.4 Å². The van der Waals surface area contributed by atoms with E-state index in [9.17, 15) is 14.4 Å². The van der Waals surface area contributed by atoms with E-state index in [1.54, 1.807) is 0 Å². The molecule has 1 saturated heterocycles. The number of anilines is 1. The molecule has 8 nitrogen and oxygen atoms in total. The van der Waals surface area contributed by atoms with Crippen LogP contribution < -0.4 is 21.7 Å². The molecule has 0 saturated carbocycles. The molecular weight excluding hydrogens is 504 g/mol. The molecule has 38 heavy (non-hydrogen) atoms. The van der Waals surface area contributed by atoms with Crippen molar-refractivity contribution in [3.63, 3.8) is 0 Å². The van der Waals surface area contributed by atoms with Gasteiger partial charge >= 0.3 is 0 Å². The summed E-state index contributed by atoms with van der Waals surface area (Å²) in [6.07, 6.45) is 1.77. The SMILES string of the molecule is Cl.NCCCC[C@H](NC(=O)[C@H]1O[C@@H]1C(=O)NCCCc1ccccc1)C(=O)Nc1cccc2ccccc12. The third-order valence-corrected chi connectivity index (χ3v) is 6.42. The lowest BCUT2D eigenvalue weighted by atomic mass is 10.1. The minimum atomic E-state index is -0.892. The van der Waals surface area contributed by atoms with Crippen molar-refractivity contribution in [1.29, 1.82) is 0 Å². The number of rotatable bonds is 13. The van der Waals surface area contributed by atoms with E-state index in [0.29, 0.717) is 31.6 Å². The maximum atomic E-state index is 13.2. The summed E-state index contributed by atoms with van der Waals surface area (Å²) in [5.41, 5.74) is 7.50. The Morgan fingerprint density at radius 3 is 2.34 bits per heavy atom. The van der Waals surface area contributed by atoms with Crippen LogP contribution in [0.25, 0.3) is 10.8 Å². The van der Waals surface area contributed by atoms with Gasteiger partial charge in [-0.25, -0.2) is 0 Å². The number of ether oxygens (including phenoxy) is 1. The summed E-state index contributed by atoms with van der Waals surface area (Å²) in [6.45, 7) is 1.00. The van der Waals surface area contributed by atoms with Crippen molar-refractivity contribution >= 4 is 46.6 Å². The lowest BCUT2D eigenvalue weighted by Gasteiger charge is -2.19. The van der Waals surface area contributed by atoms with Crippen molar-refractivity contribution < 1.29 is 19.1 Å². The van der Waals surface area contributed by atoms with Gasteiger partial charge in [0.2, 0.25) is 5.91 Å². The fourth-order valence-corrected chi connectivity index (χ4v) is 4.33. The maximum Gasteiger partial charge on any atom is 0.253 e. The molecule has 0 radical (unpaired) electrons. The van der Waals surface area contributed by atoms with Gasteiger partial charge in [0.1, 0.15) is 6.04 Å². The number of halogens is 1. The summed E-state index contributed by atoms with van der Waals surface area (Å²) < 4.78 is 5.36. The number of hydrogen-bond donors (Lipinski definition) is 4. The highest BCUT2D eigenvalue weighted by molar-refractivity contribution is 6.05. The molecule has 0 aromatic heterocycles. The molecule has 5 N–H and O–H groups in total. The third-order valence-electron chi connectivity index (χ3n) is 6.42. The van der Waals surface area contributed by atoms with Gasteiger partial charge in [0.15, 0.2) is 12.2 Å². The van der Waals surface area contributed by atoms with Gasteiger partial charge in [-0.3, -0.25) is 14.4 Å². The maximum absolute atomic E-state index is 13.2. The van der Waals surface area contributed by atoms with Crippen molar-refractivity contribution in [2.24, 2.45) is 5.73 Å². The second-order valence-electron chi connectivity index (χ2n) is 9.22. The number of nitrogens with two attached hydrogens (primary N) is 1. The summed E-state index contributed by atoms with van der Waals surface area (Å²) >= 11 is 0. The second kappa shape index (κ2) is 14.5. The number of fused-ring (bicyclic) bond motifs is 1. The number of hydrogen-bond acceptors (Lipinski definition) is 5. The fourth-order valence-electron chi connectivity index (χ4n) is 4.33. The summed E-state index contributed by atoms with van der Waals surface area (Å²) in [5, 5.41) is 10.5. The van der Waals surface area contributed by atoms with E-state index in [1.165, 1.54) is 5.56 Å². The Bertz CT molecular complexity index is 1220. The molecule has 4 rings (SSSR count). The summed E-state index contributed by atoms with van der Waals surface area (Å²) in [6, 6.07) is 22.7. The Labute approximate surface area is 229 Å². The molecular formula is C29H35ClN4O4. The van der Waals surface area contributed by atoms with Gasteiger partial charge in [-0.2, -0.15) is 0 Å². The van der Waals surface area contributed by atoms with Crippen molar-refractivity contribution in [3.05, 3.63) is 78.4 Å². The van der Waals surface area contributed by atoms with Crippen LogP contribution in [0.4, 0.5) is 5.69 Å². The quantitative estimate of drug-likeness (QED) is 0.196. The van der Waals surface area contributed by atoms with Crippen LogP contribution in [0.15, 0.2) is 72.8 Å². The van der Waals surface area contributed by atoms with Crippen LogP contribution in [-0.4, -0.2) is 49.1 Å². The zero-order valence-corrected chi connectivity index (χ0v) is 22.0. The molecule has 0 aliphatic carbocycles. The van der Waals surface area contributed by atoms with Crippen molar-refractivity contribution in [2.45, 2.75) is 50.4 Å². The van der Waals surface area contributed by atoms with Gasteiger partial charge in [-0.1, -0.05) is 66.7 Å². The smallest absolute Gasteiger partial charge is 0.253 e. The largest absolute Gasteiger partial charge is 0.354 e. The molecule has 1 fully saturated rings. The molecule has 9 heteroatoms. The van der Waals surface area contributed by atoms with Crippen molar-refractivity contribution in [2.75, 3.05) is 18.4 Å². The highest BCUT2D eigenvalue weighted by Crippen LogP contribution is 2.25. The molecule has 0 unspecified atom stereocenters. The number of aryl methyl sites for hydroxylation is 1. The topological polar surface area (TPSA) is 126 Å². The lowest BCUT2D eigenvalue weighted by molar-refractivity contribution is -0.127. The molecule has 0 bridgehead atoms. The standard InChI is InChI=1S/C29H34N4O4.ClH/c30-18-7-6-16-24(27(34)32-23-17-8-14-21-13-4-5-15-22(21)23)33-29(36)26-25(37-26)28(35)31-19-9-12-20-10-2-1-3-11-20;/h1-5,8,10-11,13-15,17,24-26H,6-7,9,12,16,18-19,30H2,(H,31,35)(H,32,34)(H,33,36);1H/t24-,25-,26-;/m0./s1. The van der Waals surface area contributed by atoms with Crippen molar-refractivity contribution in [1.82, 2.24) is 10.6 Å². The molecule has 1 aliphatic heterocycles. The Morgan fingerprint density at radius 2 is 1.55 bits per heavy atom. The molecule has 3 atom stereocenters. The van der Waals surface area contributed by atoms with E-state index >= 15 is 0 Å². The Morgan fingerprint density at radius 1 is 0.842 bits per heavy atom. The predicted octanol–water partition coefficient (Wildman–Crippen LogP) is 3.33. The van der Waals surface area contributed by atoms with Crippen LogP contribution in [0.3, 0.4) is 0 Å². The summed E-state index contributed by atoms with van der Waals surface area (Å²) in [4.78, 5) is 38.4. The van der Waals surface area contributed by atoms with E-state index < -0.39 is 24.2 Å². The van der Waals surface area contributed by atoms with Crippen LogP contribution in [0, 0.1) is 0 Å². The predicted molar refractivity (Wildman–Crippen MR) is 151 cm³/mol. The number of carbonyl (C=O) groups is 3. The lowest BCUT2D eigenvalue weighted by Crippen LogP contribution is -2.46. The number of nitrogens with one attached hydrogen (secondary N) is 3. The number of benzene rings is 3. The minimum absolute atomic E-state index is 0. The normalized spacial score (nSPS) is 16.7. The minimum Gasteiger partial charge on any atom is -0.354 e. The van der Waals surface area contributed by atoms with Crippen LogP contribution in [0.2, 0.25) is 0 Å². The van der Waals surface area contributed by atoms with Gasteiger partial charge in [0.05, 0.1) is 0 Å². The molecule has 3 aromatic carbocycles. The van der Waals surface area contributed by atoms with Crippen molar-refractivity contribution in [3.8, 4) is 0 Å². The second-order valence-corrected chi connectivity index (χ2v) is 9.22. The Hall–Kier alpha value is -3.46. The highest BCUT2D eigenvalue weighted by Gasteiger charge is 2.50.